The van der Waals surface area contributed by atoms with Crippen LogP contribution >= 0.6 is 0 Å². The van der Waals surface area contributed by atoms with Gasteiger partial charge in [0.2, 0.25) is 5.95 Å². The molecule has 0 amide bonds. The van der Waals surface area contributed by atoms with Crippen molar-refractivity contribution in [1.29, 1.82) is 0 Å². The number of aromatic amines is 1. The van der Waals surface area contributed by atoms with Crippen molar-refractivity contribution in [2.24, 2.45) is 5.92 Å². The van der Waals surface area contributed by atoms with E-state index in [1.165, 1.54) is 6.33 Å². The fourth-order valence-corrected chi connectivity index (χ4v) is 2.07. The fraction of sp³-hybridized carbons (Fsp3) is 0.364. The van der Waals surface area contributed by atoms with Crippen molar-refractivity contribution in [3.05, 3.63) is 22.3 Å². The highest BCUT2D eigenvalue weighted by Crippen LogP contribution is 2.41. The molecule has 1 aliphatic rings. The van der Waals surface area contributed by atoms with Crippen molar-refractivity contribution in [3.63, 3.8) is 0 Å². The Morgan fingerprint density at radius 1 is 1.68 bits per heavy atom. The summed E-state index contributed by atoms with van der Waals surface area (Å²) in [7, 11) is 0. The molecule has 0 unspecified atom stereocenters. The second-order valence-corrected chi connectivity index (χ2v) is 4.54. The first-order chi connectivity index (χ1) is 9.10. The van der Waals surface area contributed by atoms with Gasteiger partial charge in [0.25, 0.3) is 5.56 Å². The molecule has 2 heterocycles. The number of nitrogen functional groups attached to an aromatic ring is 1. The zero-order valence-electron chi connectivity index (χ0n) is 9.95. The molecule has 8 heteroatoms. The van der Waals surface area contributed by atoms with Crippen LogP contribution in [0.1, 0.15) is 6.42 Å². The second-order valence-electron chi connectivity index (χ2n) is 4.54. The molecule has 0 bridgehead atoms. The van der Waals surface area contributed by atoms with Crippen LogP contribution in [0.5, 0.6) is 0 Å². The minimum Gasteiger partial charge on any atom is -0.394 e. The van der Waals surface area contributed by atoms with Gasteiger partial charge in [-0.05, 0) is 12.0 Å². The zero-order chi connectivity index (χ0) is 13.6. The Kier molecular flexibility index (Phi) is 2.61. The normalized spacial score (nSPS) is 22.0. The van der Waals surface area contributed by atoms with E-state index in [-0.39, 0.29) is 29.5 Å². The lowest BCUT2D eigenvalue weighted by molar-refractivity contribution is 0.0815. The van der Waals surface area contributed by atoms with E-state index in [2.05, 4.69) is 15.0 Å². The number of aliphatic hydroxyl groups is 2. The van der Waals surface area contributed by atoms with Crippen LogP contribution in [0.25, 0.3) is 17.4 Å². The Hall–Kier alpha value is -2.19. The van der Waals surface area contributed by atoms with E-state index in [1.54, 1.807) is 10.8 Å². The maximum absolute atomic E-state index is 11.6. The fourth-order valence-electron chi connectivity index (χ4n) is 2.07. The summed E-state index contributed by atoms with van der Waals surface area (Å²) >= 11 is 0. The predicted molar refractivity (Wildman–Crippen MR) is 68.0 cm³/mol. The van der Waals surface area contributed by atoms with Crippen LogP contribution in [0.3, 0.4) is 0 Å². The van der Waals surface area contributed by atoms with Gasteiger partial charge in [-0.3, -0.25) is 14.3 Å². The molecule has 5 N–H and O–H groups in total. The SMILES string of the molecule is Nc1nc2c(ncn2/C=C2/C[C@H]2[C@@H](O)CO)c(=O)[nH]1. The Morgan fingerprint density at radius 3 is 3.21 bits per heavy atom. The van der Waals surface area contributed by atoms with Crippen LogP contribution in [0.4, 0.5) is 5.95 Å². The summed E-state index contributed by atoms with van der Waals surface area (Å²) in [5.41, 5.74) is 6.67. The molecule has 1 fully saturated rings. The molecular weight excluding hydrogens is 250 g/mol. The van der Waals surface area contributed by atoms with Gasteiger partial charge in [0.15, 0.2) is 11.2 Å². The van der Waals surface area contributed by atoms with E-state index in [9.17, 15) is 9.90 Å². The topological polar surface area (TPSA) is 130 Å². The van der Waals surface area contributed by atoms with Gasteiger partial charge in [-0.1, -0.05) is 0 Å². The van der Waals surface area contributed by atoms with E-state index in [0.717, 1.165) is 5.57 Å². The summed E-state index contributed by atoms with van der Waals surface area (Å²) in [5.74, 6) is -0.0119. The molecule has 0 aromatic carbocycles. The number of anilines is 1. The number of hydrogen-bond donors (Lipinski definition) is 4. The number of aromatic nitrogens is 4. The molecule has 3 rings (SSSR count). The highest BCUT2D eigenvalue weighted by Gasteiger charge is 2.36. The Labute approximate surface area is 107 Å². The lowest BCUT2D eigenvalue weighted by atomic mass is 10.2. The Morgan fingerprint density at radius 2 is 2.47 bits per heavy atom. The molecule has 1 aliphatic carbocycles. The number of nitrogens with zero attached hydrogens (tertiary/aromatic N) is 3. The summed E-state index contributed by atoms with van der Waals surface area (Å²) in [6.45, 7) is -0.266. The van der Waals surface area contributed by atoms with Gasteiger partial charge in [-0.15, -0.1) is 0 Å². The van der Waals surface area contributed by atoms with Crippen molar-refractivity contribution < 1.29 is 10.2 Å². The number of rotatable bonds is 3. The smallest absolute Gasteiger partial charge is 0.280 e. The number of hydrogen-bond acceptors (Lipinski definition) is 6. The Balaban J connectivity index is 2.00. The highest BCUT2D eigenvalue weighted by molar-refractivity contribution is 5.73. The summed E-state index contributed by atoms with van der Waals surface area (Å²) in [5, 5.41) is 18.4. The van der Waals surface area contributed by atoms with Crippen LogP contribution in [-0.4, -0.2) is 42.4 Å². The van der Waals surface area contributed by atoms with Crippen molar-refractivity contribution >= 4 is 23.3 Å². The molecule has 0 radical (unpaired) electrons. The molecule has 1 saturated carbocycles. The van der Waals surface area contributed by atoms with E-state index >= 15 is 0 Å². The van der Waals surface area contributed by atoms with Gasteiger partial charge in [-0.25, -0.2) is 4.98 Å². The molecule has 0 spiro atoms. The zero-order valence-corrected chi connectivity index (χ0v) is 9.95. The minimum absolute atomic E-state index is 0.0281. The summed E-state index contributed by atoms with van der Waals surface area (Å²) in [6.07, 6.45) is 3.19. The standard InChI is InChI=1S/C11H13N5O3/c12-11-14-9-8(10(19)15-11)13-4-16(9)2-5-1-6(5)7(18)3-17/h2,4,6-7,17-18H,1,3H2,(H3,12,14,15,19)/b5-2-/t6-,7+/m1/s1. The first-order valence-electron chi connectivity index (χ1n) is 5.82. The number of fused-ring (bicyclic) bond motifs is 1. The first kappa shape index (κ1) is 11.9. The van der Waals surface area contributed by atoms with Crippen LogP contribution in [-0.2, 0) is 0 Å². The monoisotopic (exact) mass is 263 g/mol. The third-order valence-corrected chi connectivity index (χ3v) is 3.18. The lowest BCUT2D eigenvalue weighted by Crippen LogP contribution is -2.14. The van der Waals surface area contributed by atoms with Gasteiger partial charge in [0, 0.05) is 12.1 Å². The van der Waals surface area contributed by atoms with E-state index < -0.39 is 6.10 Å². The van der Waals surface area contributed by atoms with Gasteiger partial charge < -0.3 is 15.9 Å². The lowest BCUT2D eigenvalue weighted by Gasteiger charge is -2.01. The average molecular weight is 263 g/mol. The van der Waals surface area contributed by atoms with Crippen LogP contribution < -0.4 is 11.3 Å². The molecule has 2 aromatic heterocycles. The predicted octanol–water partition coefficient (Wildman–Crippen LogP) is -1.08. The third kappa shape index (κ3) is 2.00. The van der Waals surface area contributed by atoms with Crippen molar-refractivity contribution in [2.45, 2.75) is 12.5 Å². The van der Waals surface area contributed by atoms with Gasteiger partial charge in [0.1, 0.15) is 6.33 Å². The quantitative estimate of drug-likeness (QED) is 0.557. The summed E-state index contributed by atoms with van der Waals surface area (Å²) in [6, 6.07) is 0. The van der Waals surface area contributed by atoms with Crippen LogP contribution in [0.2, 0.25) is 0 Å². The van der Waals surface area contributed by atoms with E-state index in [4.69, 9.17) is 10.8 Å². The maximum Gasteiger partial charge on any atom is 0.280 e. The van der Waals surface area contributed by atoms with Gasteiger partial charge >= 0.3 is 0 Å². The second kappa shape index (κ2) is 4.18. The van der Waals surface area contributed by atoms with E-state index in [0.29, 0.717) is 12.1 Å². The number of imidazole rings is 1. The van der Waals surface area contributed by atoms with E-state index in [1.807, 2.05) is 0 Å². The van der Waals surface area contributed by atoms with Gasteiger partial charge in [-0.2, -0.15) is 4.98 Å². The molecule has 0 aliphatic heterocycles. The summed E-state index contributed by atoms with van der Waals surface area (Å²) < 4.78 is 1.60. The number of H-pyrrole nitrogens is 1. The average Bonchev–Trinajstić information content (AvgIpc) is 3.02. The largest absolute Gasteiger partial charge is 0.394 e. The molecule has 8 nitrogen and oxygen atoms in total. The first-order valence-corrected chi connectivity index (χ1v) is 5.82. The minimum atomic E-state index is -0.748. The molecule has 0 saturated heterocycles. The molecule has 19 heavy (non-hydrogen) atoms. The Bertz CT molecular complexity index is 717. The van der Waals surface area contributed by atoms with Crippen molar-refractivity contribution in [3.8, 4) is 0 Å². The molecule has 2 aromatic rings. The summed E-state index contributed by atoms with van der Waals surface area (Å²) in [4.78, 5) is 22.0. The molecule has 100 valence electrons. The number of nitrogens with two attached hydrogens (primary N) is 1. The van der Waals surface area contributed by atoms with Crippen molar-refractivity contribution in [2.75, 3.05) is 12.3 Å². The highest BCUT2D eigenvalue weighted by atomic mass is 16.3. The molecule has 2 atom stereocenters. The van der Waals surface area contributed by atoms with Crippen LogP contribution in [0.15, 0.2) is 16.7 Å². The number of aliphatic hydroxyl groups excluding tert-OH is 2. The van der Waals surface area contributed by atoms with Crippen molar-refractivity contribution in [1.82, 2.24) is 19.5 Å². The molecular formula is C11H13N5O3. The maximum atomic E-state index is 11.6. The number of nitrogens with one attached hydrogen (secondary N) is 1. The van der Waals surface area contributed by atoms with Gasteiger partial charge in [0.05, 0.1) is 12.7 Å². The third-order valence-electron chi connectivity index (χ3n) is 3.18. The van der Waals surface area contributed by atoms with Crippen LogP contribution in [0, 0.1) is 5.92 Å².